The summed E-state index contributed by atoms with van der Waals surface area (Å²) >= 11 is -10.7. The molecule has 7 heteroatoms. The van der Waals surface area contributed by atoms with Gasteiger partial charge in [0.25, 0.3) is 0 Å². The zero-order valence-corrected chi connectivity index (χ0v) is 5.08. The van der Waals surface area contributed by atoms with E-state index in [0.717, 1.165) is 0 Å². The van der Waals surface area contributed by atoms with Crippen LogP contribution in [0.3, 0.4) is 0 Å². The fourth-order valence-corrected chi connectivity index (χ4v) is 0. The van der Waals surface area contributed by atoms with Crippen molar-refractivity contribution < 1.29 is 17.9 Å². The Morgan fingerprint density at radius 1 is 0.857 bits per heavy atom. The summed E-state index contributed by atoms with van der Waals surface area (Å²) < 4.78 is 57.0. The minimum absolute atomic E-state index is 6.31. The molecule has 0 aliphatic carbocycles. The van der Waals surface area contributed by atoms with Gasteiger partial charge in [-0.3, -0.25) is 0 Å². The van der Waals surface area contributed by atoms with Gasteiger partial charge in [-0.15, -0.1) is 0 Å². The predicted molar refractivity (Wildman–Crippen MR) is 13.5 cm³/mol. The van der Waals surface area contributed by atoms with Gasteiger partial charge in [0, 0.05) is 0 Å². The molecule has 48 valence electrons. The van der Waals surface area contributed by atoms with Crippen LogP contribution in [0.2, 0.25) is 0 Å². The topological polar surface area (TPSA) is 20.2 Å². The van der Waals surface area contributed by atoms with Gasteiger partial charge in [0.05, 0.1) is 0 Å². The molecule has 0 saturated heterocycles. The van der Waals surface area contributed by atoms with Crippen LogP contribution in [0.15, 0.2) is 0 Å². The van der Waals surface area contributed by atoms with E-state index in [-0.39, 0.29) is 0 Å². The van der Waals surface area contributed by atoms with Crippen molar-refractivity contribution in [2.24, 2.45) is 0 Å². The predicted octanol–water partition coefficient (Wildman–Crippen LogP) is 1.16. The molecule has 0 aromatic heterocycles. The summed E-state index contributed by atoms with van der Waals surface area (Å²) in [5, 5.41) is 0. The van der Waals surface area contributed by atoms with Crippen molar-refractivity contribution >= 4 is 18.7 Å². The van der Waals surface area contributed by atoms with E-state index < -0.39 is 18.7 Å². The maximum absolute atomic E-state index is 10.7. The third-order valence-corrected chi connectivity index (χ3v) is 0. The molecular weight excluding hydrogens is 239 g/mol. The molecule has 1 nitrogen and oxygen atoms in total. The van der Waals surface area contributed by atoms with Crippen LogP contribution in [0.1, 0.15) is 0 Å². The van der Waals surface area contributed by atoms with E-state index in [9.17, 15) is 14.5 Å². The van der Waals surface area contributed by atoms with Gasteiger partial charge in [-0.1, -0.05) is 0 Å². The molecule has 0 bridgehead atoms. The normalized spacial score (nSPS) is 23.1. The third kappa shape index (κ3) is 776. The Labute approximate surface area is 37.3 Å². The standard InChI is InChI=1S/F5HOTe/c1-7(2,3,4,5)6/h6H. The minimum atomic E-state index is -10.7. The van der Waals surface area contributed by atoms with Crippen molar-refractivity contribution in [1.82, 2.24) is 0 Å². The van der Waals surface area contributed by atoms with Gasteiger partial charge < -0.3 is 0 Å². The van der Waals surface area contributed by atoms with E-state index in [0.29, 0.717) is 0 Å². The Balaban J connectivity index is 4.43. The quantitative estimate of drug-likeness (QED) is 0.497. The van der Waals surface area contributed by atoms with E-state index in [1.165, 1.54) is 0 Å². The average Bonchev–Trinajstić information content (AvgIpc) is 0.592. The second kappa shape index (κ2) is 0.787. The molecule has 0 aromatic carbocycles. The molecule has 7 heavy (non-hydrogen) atoms. The summed E-state index contributed by atoms with van der Waals surface area (Å²) in [6, 6.07) is 0. The van der Waals surface area contributed by atoms with Crippen LogP contribution >= 0.6 is 0 Å². The van der Waals surface area contributed by atoms with Crippen molar-refractivity contribution in [3.05, 3.63) is 0 Å². The zero-order chi connectivity index (χ0) is 6.41. The van der Waals surface area contributed by atoms with Crippen LogP contribution in [0, 0.1) is 0 Å². The van der Waals surface area contributed by atoms with E-state index in [2.05, 4.69) is 0 Å². The van der Waals surface area contributed by atoms with Gasteiger partial charge in [0.2, 0.25) is 0 Å². The van der Waals surface area contributed by atoms with Crippen molar-refractivity contribution in [2.45, 2.75) is 0 Å². The van der Waals surface area contributed by atoms with Crippen molar-refractivity contribution in [3.8, 4) is 0 Å². The van der Waals surface area contributed by atoms with E-state index in [1.807, 2.05) is 0 Å². The maximum atomic E-state index is 10.1. The molecule has 0 aliphatic rings. The Bertz CT molecular complexity index is 66.6. The van der Waals surface area contributed by atoms with Crippen LogP contribution < -0.4 is 0 Å². The fraction of sp³-hybridized carbons (Fsp3) is 0. The van der Waals surface area contributed by atoms with Crippen LogP contribution in [0.5, 0.6) is 0 Å². The van der Waals surface area contributed by atoms with Gasteiger partial charge in [0.1, 0.15) is 0 Å². The molecule has 0 radical (unpaired) electrons. The molecule has 0 aromatic rings. The number of hydrogen-bond donors (Lipinski definition) is 1. The summed E-state index contributed by atoms with van der Waals surface area (Å²) in [7, 11) is 0. The Hall–Kier alpha value is 0.400. The molecule has 0 unspecified atom stereocenters. The second-order valence-corrected chi connectivity index (χ2v) is 6.23. The molecule has 0 rings (SSSR count). The molecule has 0 amide bonds. The molecule has 1 N–H and O–H groups in total. The monoisotopic (exact) mass is 242 g/mol. The fourth-order valence-electron chi connectivity index (χ4n) is 0. The summed E-state index contributed by atoms with van der Waals surface area (Å²) in [5.41, 5.74) is 0. The van der Waals surface area contributed by atoms with E-state index in [1.54, 1.807) is 0 Å². The Kier molecular flexibility index (Phi) is 0.832. The van der Waals surface area contributed by atoms with Gasteiger partial charge >= 0.3 is 36.6 Å². The summed E-state index contributed by atoms with van der Waals surface area (Å²) in [5.74, 6) is 0. The molecule has 0 aliphatic heterocycles. The number of halogens is 5. The molecular formula is HF5OTe. The van der Waals surface area contributed by atoms with Crippen molar-refractivity contribution in [2.75, 3.05) is 0 Å². The van der Waals surface area contributed by atoms with Crippen molar-refractivity contribution in [1.29, 1.82) is 0 Å². The van der Waals surface area contributed by atoms with E-state index >= 15 is 0 Å². The van der Waals surface area contributed by atoms with Crippen LogP contribution in [0.25, 0.3) is 0 Å². The first kappa shape index (κ1) is 7.40. The summed E-state index contributed by atoms with van der Waals surface area (Å²) in [6.45, 7) is 0. The summed E-state index contributed by atoms with van der Waals surface area (Å²) in [4.78, 5) is 0. The molecule has 0 heterocycles. The van der Waals surface area contributed by atoms with Crippen LogP contribution in [-0.4, -0.2) is 22.2 Å². The Morgan fingerprint density at radius 3 is 0.857 bits per heavy atom. The molecule has 0 atom stereocenters. The van der Waals surface area contributed by atoms with Crippen LogP contribution in [-0.2, 0) is 0 Å². The van der Waals surface area contributed by atoms with Gasteiger partial charge in [-0.05, 0) is 0 Å². The van der Waals surface area contributed by atoms with Gasteiger partial charge in [0.15, 0.2) is 0 Å². The first-order chi connectivity index (χ1) is 2.45. The molecule has 0 spiro atoms. The molecule has 0 saturated carbocycles. The second-order valence-electron chi connectivity index (χ2n) is 0.928. The third-order valence-electron chi connectivity index (χ3n) is 0. The number of hydrogen-bond acceptors (Lipinski definition) is 1. The SMILES string of the molecule is O[Te](F)(F)(F)(F)F. The van der Waals surface area contributed by atoms with Crippen molar-refractivity contribution in [3.63, 3.8) is 0 Å². The van der Waals surface area contributed by atoms with Gasteiger partial charge in [-0.25, -0.2) is 0 Å². The van der Waals surface area contributed by atoms with Crippen LogP contribution in [0.4, 0.5) is 14.5 Å². The molecule has 0 fully saturated rings. The average molecular weight is 240 g/mol. The summed E-state index contributed by atoms with van der Waals surface area (Å²) in [6.07, 6.45) is 0. The number of rotatable bonds is 0. The zero-order valence-electron chi connectivity index (χ0n) is 2.75. The van der Waals surface area contributed by atoms with Gasteiger partial charge in [-0.2, -0.15) is 0 Å². The first-order valence-corrected chi connectivity index (χ1v) is 6.40. The Morgan fingerprint density at radius 2 is 0.857 bits per heavy atom. The van der Waals surface area contributed by atoms with E-state index in [4.69, 9.17) is 3.47 Å². The first-order valence-electron chi connectivity index (χ1n) is 0.954.